The summed E-state index contributed by atoms with van der Waals surface area (Å²) in [6.45, 7) is 3.10. The van der Waals surface area contributed by atoms with E-state index in [1.54, 1.807) is 55.1 Å². The number of carbonyl (C=O) groups excluding carboxylic acids is 1. The molecule has 0 aliphatic carbocycles. The quantitative estimate of drug-likeness (QED) is 0.490. The van der Waals surface area contributed by atoms with Gasteiger partial charge in [-0.05, 0) is 48.9 Å². The number of benzene rings is 2. The average molecular weight is 457 g/mol. The molecular formula is C26H23N3O5. The third-order valence-electron chi connectivity index (χ3n) is 5.70. The number of anilines is 1. The molecule has 1 amide bonds. The maximum atomic E-state index is 13.2. The van der Waals surface area contributed by atoms with E-state index < -0.39 is 0 Å². The molecule has 5 rings (SSSR count). The van der Waals surface area contributed by atoms with Gasteiger partial charge in [0.15, 0.2) is 11.5 Å². The van der Waals surface area contributed by atoms with E-state index in [-0.39, 0.29) is 11.5 Å². The number of nitrogens with zero attached hydrogens (tertiary/aromatic N) is 2. The van der Waals surface area contributed by atoms with Gasteiger partial charge in [-0.1, -0.05) is 12.1 Å². The molecular weight excluding hydrogens is 434 g/mol. The minimum atomic E-state index is -0.353. The molecule has 8 nitrogen and oxygen atoms in total. The van der Waals surface area contributed by atoms with Crippen molar-refractivity contribution in [2.45, 2.75) is 13.5 Å². The van der Waals surface area contributed by atoms with Crippen LogP contribution in [0.15, 0.2) is 65.6 Å². The van der Waals surface area contributed by atoms with Crippen LogP contribution in [0.5, 0.6) is 17.2 Å². The van der Waals surface area contributed by atoms with E-state index in [1.807, 2.05) is 24.3 Å². The van der Waals surface area contributed by atoms with Gasteiger partial charge >= 0.3 is 0 Å². The predicted octanol–water partition coefficient (Wildman–Crippen LogP) is 3.79. The van der Waals surface area contributed by atoms with Gasteiger partial charge in [0.05, 0.1) is 35.8 Å². The van der Waals surface area contributed by atoms with Gasteiger partial charge in [-0.2, -0.15) is 0 Å². The number of carbonyl (C=O) groups is 1. The first-order valence-electron chi connectivity index (χ1n) is 10.9. The number of aromatic nitrogens is 2. The van der Waals surface area contributed by atoms with Gasteiger partial charge in [-0.15, -0.1) is 0 Å². The van der Waals surface area contributed by atoms with E-state index in [9.17, 15) is 9.59 Å². The third kappa shape index (κ3) is 4.17. The van der Waals surface area contributed by atoms with Gasteiger partial charge in [0, 0.05) is 18.0 Å². The summed E-state index contributed by atoms with van der Waals surface area (Å²) in [4.78, 5) is 30.8. The van der Waals surface area contributed by atoms with E-state index in [4.69, 9.17) is 14.2 Å². The van der Waals surface area contributed by atoms with Crippen LogP contribution in [-0.4, -0.2) is 35.8 Å². The summed E-state index contributed by atoms with van der Waals surface area (Å²) >= 11 is 0. The molecule has 34 heavy (non-hydrogen) atoms. The molecule has 2 aromatic carbocycles. The Morgan fingerprint density at radius 1 is 1.06 bits per heavy atom. The second-order valence-electron chi connectivity index (χ2n) is 7.96. The normalized spacial score (nSPS) is 12.4. The zero-order valence-corrected chi connectivity index (χ0v) is 18.8. The van der Waals surface area contributed by atoms with Gasteiger partial charge in [0.1, 0.15) is 19.0 Å². The number of pyridine rings is 2. The summed E-state index contributed by atoms with van der Waals surface area (Å²) < 4.78 is 17.9. The van der Waals surface area contributed by atoms with Crippen LogP contribution in [0, 0.1) is 6.92 Å². The average Bonchev–Trinajstić information content (AvgIpc) is 2.86. The lowest BCUT2D eigenvalue weighted by molar-refractivity contribution is 0.102. The number of hydrogen-bond acceptors (Lipinski definition) is 6. The van der Waals surface area contributed by atoms with Crippen LogP contribution in [0.25, 0.3) is 10.9 Å². The van der Waals surface area contributed by atoms with Crippen molar-refractivity contribution < 1.29 is 19.0 Å². The van der Waals surface area contributed by atoms with Crippen molar-refractivity contribution in [3.63, 3.8) is 0 Å². The lowest BCUT2D eigenvalue weighted by atomic mass is 10.1. The van der Waals surface area contributed by atoms with Crippen molar-refractivity contribution in [3.8, 4) is 17.2 Å². The fourth-order valence-corrected chi connectivity index (χ4v) is 3.91. The Bertz CT molecular complexity index is 1440. The lowest BCUT2D eigenvalue weighted by Gasteiger charge is -2.19. The standard InChI is InChI=1S/C26H23N3O5/c1-16-20(25(30)28-18-5-8-23-24(13-18)34-12-11-33-23)14-21-22(27-16)9-10-29(26(21)31)15-17-3-6-19(32-2)7-4-17/h3-10,13-14H,11-12,15H2,1-2H3,(H,28,30). The second-order valence-corrected chi connectivity index (χ2v) is 7.96. The van der Waals surface area contributed by atoms with Crippen molar-refractivity contribution >= 4 is 22.5 Å². The van der Waals surface area contributed by atoms with E-state index in [0.717, 1.165) is 11.3 Å². The SMILES string of the molecule is COc1ccc(Cn2ccc3nc(C)c(C(=O)Nc4ccc5c(c4)OCCO5)cc3c2=O)cc1. The summed E-state index contributed by atoms with van der Waals surface area (Å²) in [5, 5.41) is 3.25. The van der Waals surface area contributed by atoms with Crippen LogP contribution in [0.2, 0.25) is 0 Å². The fourth-order valence-electron chi connectivity index (χ4n) is 3.91. The monoisotopic (exact) mass is 457 g/mol. The molecule has 0 radical (unpaired) electrons. The Balaban J connectivity index is 1.44. The van der Waals surface area contributed by atoms with Crippen LogP contribution in [0.4, 0.5) is 5.69 Å². The Hall–Kier alpha value is -4.33. The van der Waals surface area contributed by atoms with E-state index in [1.165, 1.54) is 0 Å². The van der Waals surface area contributed by atoms with Crippen LogP contribution in [-0.2, 0) is 6.54 Å². The topological polar surface area (TPSA) is 91.7 Å². The molecule has 3 heterocycles. The van der Waals surface area contributed by atoms with Gasteiger partial charge in [-0.3, -0.25) is 14.6 Å². The molecule has 8 heteroatoms. The van der Waals surface area contributed by atoms with Crippen molar-refractivity contribution in [1.82, 2.24) is 9.55 Å². The molecule has 1 aliphatic rings. The van der Waals surface area contributed by atoms with Crippen molar-refractivity contribution in [3.05, 3.63) is 88.0 Å². The summed E-state index contributed by atoms with van der Waals surface area (Å²) in [7, 11) is 1.61. The number of amides is 1. The Morgan fingerprint density at radius 2 is 1.82 bits per heavy atom. The van der Waals surface area contributed by atoms with Crippen molar-refractivity contribution in [2.75, 3.05) is 25.6 Å². The first-order valence-corrected chi connectivity index (χ1v) is 10.9. The minimum Gasteiger partial charge on any atom is -0.497 e. The molecule has 4 aromatic rings. The number of ether oxygens (including phenoxy) is 3. The van der Waals surface area contributed by atoms with Crippen molar-refractivity contribution in [1.29, 1.82) is 0 Å². The minimum absolute atomic E-state index is 0.214. The molecule has 0 unspecified atom stereocenters. The van der Waals surface area contributed by atoms with Crippen molar-refractivity contribution in [2.24, 2.45) is 0 Å². The largest absolute Gasteiger partial charge is 0.497 e. The molecule has 0 bridgehead atoms. The smallest absolute Gasteiger partial charge is 0.260 e. The number of aryl methyl sites for hydroxylation is 1. The lowest BCUT2D eigenvalue weighted by Crippen LogP contribution is -2.22. The van der Waals surface area contributed by atoms with E-state index in [0.29, 0.717) is 59.1 Å². The first kappa shape index (κ1) is 21.5. The molecule has 0 saturated carbocycles. The van der Waals surface area contributed by atoms with Crippen LogP contribution < -0.4 is 25.1 Å². The Labute approximate surface area is 195 Å². The molecule has 2 aromatic heterocycles. The number of nitrogens with one attached hydrogen (secondary N) is 1. The summed E-state index contributed by atoms with van der Waals surface area (Å²) in [5.41, 5.74) is 2.73. The third-order valence-corrected chi connectivity index (χ3v) is 5.70. The summed E-state index contributed by atoms with van der Waals surface area (Å²) in [5.74, 6) is 1.63. The highest BCUT2D eigenvalue weighted by molar-refractivity contribution is 6.06. The molecule has 0 spiro atoms. The maximum Gasteiger partial charge on any atom is 0.260 e. The van der Waals surface area contributed by atoms with E-state index >= 15 is 0 Å². The number of methoxy groups -OCH3 is 1. The van der Waals surface area contributed by atoms with E-state index in [2.05, 4.69) is 10.3 Å². The first-order chi connectivity index (χ1) is 16.5. The number of fused-ring (bicyclic) bond motifs is 2. The zero-order chi connectivity index (χ0) is 23.7. The molecule has 0 saturated heterocycles. The zero-order valence-electron chi connectivity index (χ0n) is 18.8. The molecule has 1 aliphatic heterocycles. The van der Waals surface area contributed by atoms with Gasteiger partial charge in [0.25, 0.3) is 11.5 Å². The second kappa shape index (κ2) is 8.90. The highest BCUT2D eigenvalue weighted by atomic mass is 16.6. The summed E-state index contributed by atoms with van der Waals surface area (Å²) in [6, 6.07) is 16.2. The molecule has 172 valence electrons. The van der Waals surface area contributed by atoms with Gasteiger partial charge in [-0.25, -0.2) is 0 Å². The van der Waals surface area contributed by atoms with Crippen LogP contribution >= 0.6 is 0 Å². The highest BCUT2D eigenvalue weighted by Gasteiger charge is 2.17. The highest BCUT2D eigenvalue weighted by Crippen LogP contribution is 2.32. The molecule has 0 atom stereocenters. The maximum absolute atomic E-state index is 13.2. The van der Waals surface area contributed by atoms with Gasteiger partial charge < -0.3 is 24.1 Å². The number of rotatable bonds is 5. The molecule has 1 N–H and O–H groups in total. The summed E-state index contributed by atoms with van der Waals surface area (Å²) in [6.07, 6.45) is 1.72. The van der Waals surface area contributed by atoms with Crippen LogP contribution in [0.3, 0.4) is 0 Å². The van der Waals surface area contributed by atoms with Crippen LogP contribution in [0.1, 0.15) is 21.6 Å². The molecule has 0 fully saturated rings. The fraction of sp³-hybridized carbons (Fsp3) is 0.192. The Morgan fingerprint density at radius 3 is 2.59 bits per heavy atom. The predicted molar refractivity (Wildman–Crippen MR) is 128 cm³/mol. The number of hydrogen-bond donors (Lipinski definition) is 1. The van der Waals surface area contributed by atoms with Gasteiger partial charge in [0.2, 0.25) is 0 Å². The Kier molecular flexibility index (Phi) is 5.63.